The van der Waals surface area contributed by atoms with Crippen molar-refractivity contribution in [2.75, 3.05) is 0 Å². The molecule has 0 saturated carbocycles. The van der Waals surface area contributed by atoms with Crippen molar-refractivity contribution in [2.24, 2.45) is 12.8 Å². The summed E-state index contributed by atoms with van der Waals surface area (Å²) in [5, 5.41) is 22.5. The Hall–Kier alpha value is -2.90. The van der Waals surface area contributed by atoms with Crippen molar-refractivity contribution in [3.63, 3.8) is 0 Å². The molecule has 2 rings (SSSR count). The molecule has 3 N–H and O–H groups in total. The number of nitrogen functional groups attached to an aromatic ring is 1. The Kier molecular flexibility index (Phi) is 3.62. The van der Waals surface area contributed by atoms with Gasteiger partial charge in [0, 0.05) is 18.7 Å². The fourth-order valence-corrected chi connectivity index (χ4v) is 2.07. The number of hydrogen-bond donors (Lipinski definition) is 2. The predicted octanol–water partition coefficient (Wildman–Crippen LogP) is 2.02. The largest absolute Gasteiger partial charge is 0.438 e. The van der Waals surface area contributed by atoms with Gasteiger partial charge in [-0.05, 0) is 26.0 Å². The van der Waals surface area contributed by atoms with Crippen molar-refractivity contribution < 1.29 is 9.66 Å². The van der Waals surface area contributed by atoms with E-state index in [4.69, 9.17) is 15.9 Å². The van der Waals surface area contributed by atoms with Crippen molar-refractivity contribution in [3.05, 3.63) is 45.1 Å². The van der Waals surface area contributed by atoms with E-state index in [0.29, 0.717) is 28.5 Å². The molecule has 0 spiro atoms. The van der Waals surface area contributed by atoms with E-state index in [1.54, 1.807) is 27.0 Å². The number of nitrogens with two attached hydrogens (primary N) is 1. The molecule has 0 amide bonds. The van der Waals surface area contributed by atoms with Crippen LogP contribution in [0.25, 0.3) is 0 Å². The summed E-state index contributed by atoms with van der Waals surface area (Å²) in [5.41, 5.74) is 7.04. The Balaban J connectivity index is 2.41. The topological polar surface area (TPSA) is 120 Å². The highest BCUT2D eigenvalue weighted by Gasteiger charge is 2.19. The van der Waals surface area contributed by atoms with Gasteiger partial charge in [-0.3, -0.25) is 15.5 Å². The van der Waals surface area contributed by atoms with Crippen LogP contribution in [0.1, 0.15) is 16.8 Å². The van der Waals surface area contributed by atoms with Crippen molar-refractivity contribution >= 4 is 11.5 Å². The molecule has 21 heavy (non-hydrogen) atoms. The van der Waals surface area contributed by atoms with E-state index in [-0.39, 0.29) is 11.5 Å². The summed E-state index contributed by atoms with van der Waals surface area (Å²) in [6, 6.07) is 4.43. The molecule has 1 aromatic carbocycles. The normalized spacial score (nSPS) is 10.4. The lowest BCUT2D eigenvalue weighted by Crippen LogP contribution is -2.13. The maximum atomic E-state index is 10.8. The van der Waals surface area contributed by atoms with E-state index in [2.05, 4.69) is 5.10 Å². The molecule has 1 aromatic heterocycles. The maximum Gasteiger partial charge on any atom is 0.272 e. The SMILES string of the molecule is Cc1cc(Oc2c(C(=N)N)c(C)nn2C)ccc1[N+](=O)[O-]. The van der Waals surface area contributed by atoms with Crippen molar-refractivity contribution in [1.82, 2.24) is 9.78 Å². The van der Waals surface area contributed by atoms with Gasteiger partial charge in [0.2, 0.25) is 5.88 Å². The van der Waals surface area contributed by atoms with Crippen molar-refractivity contribution in [1.29, 1.82) is 5.41 Å². The summed E-state index contributed by atoms with van der Waals surface area (Å²) in [6.07, 6.45) is 0. The van der Waals surface area contributed by atoms with E-state index in [1.807, 2.05) is 0 Å². The lowest BCUT2D eigenvalue weighted by atomic mass is 10.2. The van der Waals surface area contributed by atoms with E-state index < -0.39 is 4.92 Å². The molecular formula is C13H15N5O3. The zero-order valence-corrected chi connectivity index (χ0v) is 11.9. The quantitative estimate of drug-likeness (QED) is 0.386. The van der Waals surface area contributed by atoms with Crippen LogP contribution in [0.3, 0.4) is 0 Å². The number of nitrogens with one attached hydrogen (secondary N) is 1. The summed E-state index contributed by atoms with van der Waals surface area (Å²) in [4.78, 5) is 10.3. The van der Waals surface area contributed by atoms with Gasteiger partial charge in [-0.1, -0.05) is 0 Å². The number of benzene rings is 1. The zero-order chi connectivity index (χ0) is 15.7. The monoisotopic (exact) mass is 289 g/mol. The number of aryl methyl sites for hydroxylation is 3. The lowest BCUT2D eigenvalue weighted by Gasteiger charge is -2.09. The van der Waals surface area contributed by atoms with Crippen LogP contribution in [0, 0.1) is 29.4 Å². The molecule has 0 fully saturated rings. The summed E-state index contributed by atoms with van der Waals surface area (Å²) < 4.78 is 7.17. The highest BCUT2D eigenvalue weighted by molar-refractivity contribution is 5.98. The fourth-order valence-electron chi connectivity index (χ4n) is 2.07. The second-order valence-corrected chi connectivity index (χ2v) is 4.61. The lowest BCUT2D eigenvalue weighted by molar-refractivity contribution is -0.385. The van der Waals surface area contributed by atoms with Crippen LogP contribution < -0.4 is 10.5 Å². The Bertz CT molecular complexity index is 736. The molecule has 2 aromatic rings. The Morgan fingerprint density at radius 1 is 1.48 bits per heavy atom. The molecule has 0 saturated heterocycles. The molecule has 0 atom stereocenters. The standard InChI is InChI=1S/C13H15N5O3/c1-7-6-9(4-5-10(7)18(19)20)21-13-11(12(14)15)8(2)16-17(13)3/h4-6H,1-3H3,(H3,14,15). The molecule has 0 radical (unpaired) electrons. The van der Waals surface area contributed by atoms with Crippen LogP contribution in [0.2, 0.25) is 0 Å². The summed E-state index contributed by atoms with van der Waals surface area (Å²) in [6.45, 7) is 3.36. The van der Waals surface area contributed by atoms with Crippen LogP contribution in [0.15, 0.2) is 18.2 Å². The first kappa shape index (κ1) is 14.5. The van der Waals surface area contributed by atoms with Gasteiger partial charge in [-0.2, -0.15) is 5.10 Å². The second kappa shape index (κ2) is 5.23. The highest BCUT2D eigenvalue weighted by atomic mass is 16.6. The summed E-state index contributed by atoms with van der Waals surface area (Å²) >= 11 is 0. The Morgan fingerprint density at radius 2 is 2.14 bits per heavy atom. The fraction of sp³-hybridized carbons (Fsp3) is 0.231. The smallest absolute Gasteiger partial charge is 0.272 e. The van der Waals surface area contributed by atoms with Gasteiger partial charge in [0.25, 0.3) is 5.69 Å². The average molecular weight is 289 g/mol. The van der Waals surface area contributed by atoms with Crippen LogP contribution in [0.4, 0.5) is 5.69 Å². The molecule has 1 heterocycles. The molecule has 0 aliphatic rings. The highest BCUT2D eigenvalue weighted by Crippen LogP contribution is 2.29. The minimum absolute atomic E-state index is 0.0235. The van der Waals surface area contributed by atoms with Gasteiger partial charge in [0.05, 0.1) is 10.6 Å². The molecule has 0 unspecified atom stereocenters. The van der Waals surface area contributed by atoms with Gasteiger partial charge in [0.1, 0.15) is 17.1 Å². The minimum atomic E-state index is -0.450. The molecule has 0 bridgehead atoms. The first-order valence-corrected chi connectivity index (χ1v) is 6.12. The third kappa shape index (κ3) is 2.69. The van der Waals surface area contributed by atoms with Crippen molar-refractivity contribution in [2.45, 2.75) is 13.8 Å². The zero-order valence-electron chi connectivity index (χ0n) is 11.9. The minimum Gasteiger partial charge on any atom is -0.438 e. The summed E-state index contributed by atoms with van der Waals surface area (Å²) in [7, 11) is 1.67. The van der Waals surface area contributed by atoms with E-state index in [9.17, 15) is 10.1 Å². The van der Waals surface area contributed by atoms with Gasteiger partial charge >= 0.3 is 0 Å². The van der Waals surface area contributed by atoms with E-state index in [1.165, 1.54) is 16.8 Å². The first-order chi connectivity index (χ1) is 9.81. The van der Waals surface area contributed by atoms with Crippen LogP contribution in [0.5, 0.6) is 11.6 Å². The number of amidine groups is 1. The number of aromatic nitrogens is 2. The number of hydrogen-bond acceptors (Lipinski definition) is 5. The first-order valence-electron chi connectivity index (χ1n) is 6.12. The number of ether oxygens (including phenoxy) is 1. The van der Waals surface area contributed by atoms with Crippen LogP contribution in [-0.4, -0.2) is 20.5 Å². The maximum absolute atomic E-state index is 10.8. The predicted molar refractivity (Wildman–Crippen MR) is 76.9 cm³/mol. The second-order valence-electron chi connectivity index (χ2n) is 4.61. The number of rotatable bonds is 4. The van der Waals surface area contributed by atoms with E-state index in [0.717, 1.165) is 0 Å². The molecule has 110 valence electrons. The van der Waals surface area contributed by atoms with Gasteiger partial charge in [0.15, 0.2) is 0 Å². The molecule has 0 aliphatic heterocycles. The molecule has 8 nitrogen and oxygen atoms in total. The Labute approximate surface area is 120 Å². The van der Waals surface area contributed by atoms with Gasteiger partial charge < -0.3 is 10.5 Å². The third-order valence-corrected chi connectivity index (χ3v) is 3.02. The van der Waals surface area contributed by atoms with Crippen LogP contribution in [-0.2, 0) is 7.05 Å². The molecule has 8 heteroatoms. The van der Waals surface area contributed by atoms with Crippen LogP contribution >= 0.6 is 0 Å². The van der Waals surface area contributed by atoms with E-state index >= 15 is 0 Å². The molecule has 0 aliphatic carbocycles. The average Bonchev–Trinajstić information content (AvgIpc) is 2.63. The number of nitrogens with zero attached hydrogens (tertiary/aromatic N) is 3. The van der Waals surface area contributed by atoms with Gasteiger partial charge in [-0.25, -0.2) is 4.68 Å². The number of nitro groups is 1. The number of nitro benzene ring substituents is 1. The van der Waals surface area contributed by atoms with Crippen molar-refractivity contribution in [3.8, 4) is 11.6 Å². The van der Waals surface area contributed by atoms with Gasteiger partial charge in [-0.15, -0.1) is 0 Å². The molecular weight excluding hydrogens is 274 g/mol. The third-order valence-electron chi connectivity index (χ3n) is 3.02. The Morgan fingerprint density at radius 3 is 2.67 bits per heavy atom. The summed E-state index contributed by atoms with van der Waals surface area (Å²) in [5.74, 6) is 0.603.